The highest BCUT2D eigenvalue weighted by atomic mass is 79.9. The lowest BCUT2D eigenvalue weighted by atomic mass is 10.1. The van der Waals surface area contributed by atoms with E-state index in [1.165, 1.54) is 0 Å². The first kappa shape index (κ1) is 12.9. The summed E-state index contributed by atoms with van der Waals surface area (Å²) in [4.78, 5) is 2.37. The van der Waals surface area contributed by atoms with Crippen molar-refractivity contribution < 1.29 is 9.84 Å². The van der Waals surface area contributed by atoms with Crippen molar-refractivity contribution in [1.82, 2.24) is 4.90 Å². The Kier molecular flexibility index (Phi) is 4.42. The molecule has 0 radical (unpaired) electrons. The predicted octanol–water partition coefficient (Wildman–Crippen LogP) is 2.77. The Hall–Kier alpha value is -0.580. The Morgan fingerprint density at radius 3 is 3.12 bits per heavy atom. The van der Waals surface area contributed by atoms with E-state index < -0.39 is 0 Å². The summed E-state index contributed by atoms with van der Waals surface area (Å²) in [6.45, 7) is 5.74. The second-order valence-corrected chi connectivity index (χ2v) is 5.27. The van der Waals surface area contributed by atoms with Gasteiger partial charge in [-0.1, -0.05) is 22.9 Å². The van der Waals surface area contributed by atoms with Gasteiger partial charge in [0.2, 0.25) is 0 Å². The molecule has 1 heterocycles. The monoisotopic (exact) mass is 299 g/mol. The van der Waals surface area contributed by atoms with Crippen LogP contribution < -0.4 is 0 Å². The summed E-state index contributed by atoms with van der Waals surface area (Å²) in [5.41, 5.74) is 1.13. The fraction of sp³-hybridized carbons (Fsp3) is 0.538. The van der Waals surface area contributed by atoms with Gasteiger partial charge in [0.15, 0.2) is 0 Å². The maximum absolute atomic E-state index is 9.50. The van der Waals surface area contributed by atoms with E-state index in [1.807, 2.05) is 12.1 Å². The molecule has 1 aliphatic heterocycles. The average molecular weight is 300 g/mol. The molecule has 0 aliphatic carbocycles. The largest absolute Gasteiger partial charge is 0.508 e. The molecule has 1 aliphatic rings. The zero-order valence-corrected chi connectivity index (χ0v) is 11.6. The number of halogens is 1. The minimum atomic E-state index is 0.323. The van der Waals surface area contributed by atoms with E-state index >= 15 is 0 Å². The van der Waals surface area contributed by atoms with Gasteiger partial charge in [-0.25, -0.2) is 0 Å². The fourth-order valence-corrected chi connectivity index (χ4v) is 2.47. The molecule has 1 saturated heterocycles. The number of ether oxygens (including phenoxy) is 1. The first-order valence-electron chi connectivity index (χ1n) is 6.00. The molecule has 0 amide bonds. The van der Waals surface area contributed by atoms with E-state index in [0.29, 0.717) is 11.9 Å². The molecule has 0 saturated carbocycles. The summed E-state index contributed by atoms with van der Waals surface area (Å²) in [5, 5.41) is 9.50. The third-order valence-corrected chi connectivity index (χ3v) is 3.88. The van der Waals surface area contributed by atoms with Crippen LogP contribution in [-0.2, 0) is 11.3 Å². The van der Waals surface area contributed by atoms with Gasteiger partial charge in [0.25, 0.3) is 0 Å². The Bertz CT molecular complexity index is 384. The Morgan fingerprint density at radius 1 is 1.53 bits per heavy atom. The Balaban J connectivity index is 2.02. The third-order valence-electron chi connectivity index (χ3n) is 3.10. The lowest BCUT2D eigenvalue weighted by molar-refractivity contribution is -0.0325. The van der Waals surface area contributed by atoms with Crippen LogP contribution in [0.3, 0.4) is 0 Å². The van der Waals surface area contributed by atoms with Gasteiger partial charge < -0.3 is 9.84 Å². The fourth-order valence-electron chi connectivity index (χ4n) is 2.09. The molecule has 1 fully saturated rings. The number of benzene rings is 1. The number of hydrogen-bond donors (Lipinski definition) is 1. The number of nitrogens with zero attached hydrogens (tertiary/aromatic N) is 1. The minimum absolute atomic E-state index is 0.323. The molecule has 4 heteroatoms. The van der Waals surface area contributed by atoms with Gasteiger partial charge in [-0.15, -0.1) is 0 Å². The molecule has 2 rings (SSSR count). The van der Waals surface area contributed by atoms with Crippen molar-refractivity contribution in [2.75, 3.05) is 19.7 Å². The van der Waals surface area contributed by atoms with Crippen molar-refractivity contribution in [2.45, 2.75) is 26.0 Å². The van der Waals surface area contributed by atoms with Crippen molar-refractivity contribution >= 4 is 15.9 Å². The molecule has 1 unspecified atom stereocenters. The summed E-state index contributed by atoms with van der Waals surface area (Å²) in [5.74, 6) is 0.323. The maximum Gasteiger partial charge on any atom is 0.115 e. The second kappa shape index (κ2) is 5.85. The van der Waals surface area contributed by atoms with Crippen molar-refractivity contribution in [3.8, 4) is 5.75 Å². The number of morpholine rings is 1. The van der Waals surface area contributed by atoms with Crippen LogP contribution in [0.15, 0.2) is 22.7 Å². The zero-order valence-electron chi connectivity index (χ0n) is 10.0. The van der Waals surface area contributed by atoms with Gasteiger partial charge in [0, 0.05) is 24.1 Å². The van der Waals surface area contributed by atoms with Crippen LogP contribution in [0.1, 0.15) is 18.9 Å². The summed E-state index contributed by atoms with van der Waals surface area (Å²) in [6.07, 6.45) is 1.40. The van der Waals surface area contributed by atoms with E-state index in [2.05, 4.69) is 27.8 Å². The van der Waals surface area contributed by atoms with Crippen LogP contribution >= 0.6 is 15.9 Å². The highest BCUT2D eigenvalue weighted by molar-refractivity contribution is 9.10. The highest BCUT2D eigenvalue weighted by Crippen LogP contribution is 2.24. The number of phenolic OH excluding ortho intramolecular Hbond substituents is 1. The molecule has 1 aromatic rings. The quantitative estimate of drug-likeness (QED) is 0.931. The van der Waals surface area contributed by atoms with Crippen molar-refractivity contribution in [2.24, 2.45) is 0 Å². The molecule has 0 bridgehead atoms. The van der Waals surface area contributed by atoms with Gasteiger partial charge in [-0.2, -0.15) is 0 Å². The van der Waals surface area contributed by atoms with Crippen LogP contribution in [0.5, 0.6) is 5.75 Å². The number of phenols is 1. The van der Waals surface area contributed by atoms with Gasteiger partial charge in [-0.3, -0.25) is 4.90 Å². The highest BCUT2D eigenvalue weighted by Gasteiger charge is 2.19. The van der Waals surface area contributed by atoms with Crippen LogP contribution in [0, 0.1) is 0 Å². The molecule has 17 heavy (non-hydrogen) atoms. The smallest absolute Gasteiger partial charge is 0.115 e. The topological polar surface area (TPSA) is 32.7 Å². The minimum Gasteiger partial charge on any atom is -0.508 e. The summed E-state index contributed by atoms with van der Waals surface area (Å²) < 4.78 is 6.70. The van der Waals surface area contributed by atoms with Crippen LogP contribution in [-0.4, -0.2) is 35.8 Å². The van der Waals surface area contributed by atoms with Crippen molar-refractivity contribution in [1.29, 1.82) is 0 Å². The van der Waals surface area contributed by atoms with Crippen molar-refractivity contribution in [3.05, 3.63) is 28.2 Å². The summed E-state index contributed by atoms with van der Waals surface area (Å²) in [6, 6.07) is 5.41. The Morgan fingerprint density at radius 2 is 2.35 bits per heavy atom. The molecule has 1 N–H and O–H groups in total. The van der Waals surface area contributed by atoms with Gasteiger partial charge in [-0.05, 0) is 30.2 Å². The Labute approximate surface area is 111 Å². The summed E-state index contributed by atoms with van der Waals surface area (Å²) in [7, 11) is 0. The van der Waals surface area contributed by atoms with E-state index in [-0.39, 0.29) is 0 Å². The molecule has 94 valence electrons. The van der Waals surface area contributed by atoms with Crippen LogP contribution in [0.4, 0.5) is 0 Å². The van der Waals surface area contributed by atoms with E-state index in [0.717, 1.165) is 42.7 Å². The van der Waals surface area contributed by atoms with E-state index in [1.54, 1.807) is 6.07 Å². The van der Waals surface area contributed by atoms with Gasteiger partial charge in [0.05, 0.1) is 12.7 Å². The van der Waals surface area contributed by atoms with E-state index in [9.17, 15) is 5.11 Å². The molecule has 1 atom stereocenters. The van der Waals surface area contributed by atoms with Crippen LogP contribution in [0.2, 0.25) is 0 Å². The number of aromatic hydroxyl groups is 1. The molecular formula is C13H18BrNO2. The molecule has 0 aromatic heterocycles. The van der Waals surface area contributed by atoms with Gasteiger partial charge >= 0.3 is 0 Å². The second-order valence-electron chi connectivity index (χ2n) is 4.41. The number of rotatable bonds is 3. The summed E-state index contributed by atoms with van der Waals surface area (Å²) >= 11 is 3.52. The molecular weight excluding hydrogens is 282 g/mol. The normalized spacial score (nSPS) is 21.6. The first-order valence-corrected chi connectivity index (χ1v) is 6.79. The molecule has 0 spiro atoms. The lowest BCUT2D eigenvalue weighted by Crippen LogP contribution is -2.41. The SMILES string of the molecule is CCC1CN(Cc2cc(O)ccc2Br)CCO1. The zero-order chi connectivity index (χ0) is 12.3. The molecule has 1 aromatic carbocycles. The van der Waals surface area contributed by atoms with Gasteiger partial charge in [0.1, 0.15) is 5.75 Å². The van der Waals surface area contributed by atoms with Crippen molar-refractivity contribution in [3.63, 3.8) is 0 Å². The maximum atomic E-state index is 9.50. The molecule has 3 nitrogen and oxygen atoms in total. The standard InChI is InChI=1S/C13H18BrNO2/c1-2-12-9-15(5-6-17-12)8-10-7-11(16)3-4-13(10)14/h3-4,7,12,16H,2,5-6,8-9H2,1H3. The number of hydrogen-bond acceptors (Lipinski definition) is 3. The van der Waals surface area contributed by atoms with Crippen LogP contribution in [0.25, 0.3) is 0 Å². The van der Waals surface area contributed by atoms with E-state index in [4.69, 9.17) is 4.74 Å². The first-order chi connectivity index (χ1) is 8.19. The predicted molar refractivity (Wildman–Crippen MR) is 71.1 cm³/mol. The third kappa shape index (κ3) is 3.44. The lowest BCUT2D eigenvalue weighted by Gasteiger charge is -2.32. The average Bonchev–Trinajstić information content (AvgIpc) is 2.34.